The molecule has 0 saturated carbocycles. The van der Waals surface area contributed by atoms with Gasteiger partial charge in [0, 0.05) is 19.3 Å². The quantitative estimate of drug-likeness (QED) is 0.346. The zero-order chi connectivity index (χ0) is 22.6. The molecule has 0 aliphatic carbocycles. The molecule has 0 N–H and O–H groups in total. The number of methoxy groups -OCH3 is 2. The molecule has 0 unspecified atom stereocenters. The van der Waals surface area contributed by atoms with Crippen LogP contribution in [0.3, 0.4) is 0 Å². The third-order valence-corrected chi connectivity index (χ3v) is 5.78. The van der Waals surface area contributed by atoms with Gasteiger partial charge in [0.2, 0.25) is 0 Å². The lowest BCUT2D eigenvalue weighted by Crippen LogP contribution is -2.00. The van der Waals surface area contributed by atoms with E-state index in [1.165, 1.54) is 0 Å². The van der Waals surface area contributed by atoms with E-state index in [9.17, 15) is 4.79 Å². The van der Waals surface area contributed by atoms with Crippen LogP contribution in [0.1, 0.15) is 17.5 Å². The second kappa shape index (κ2) is 13.1. The van der Waals surface area contributed by atoms with Gasteiger partial charge in [0.25, 0.3) is 0 Å². The Balaban J connectivity index is 0.000000785. The zero-order valence-electron chi connectivity index (χ0n) is 18.0. The van der Waals surface area contributed by atoms with Crippen molar-refractivity contribution >= 4 is 33.6 Å². The van der Waals surface area contributed by atoms with Gasteiger partial charge in [0.15, 0.2) is 6.29 Å². The van der Waals surface area contributed by atoms with Gasteiger partial charge < -0.3 is 18.9 Å². The zero-order valence-corrected chi connectivity index (χ0v) is 20.4. The molecule has 0 spiro atoms. The number of rotatable bonds is 9. The Morgan fingerprint density at radius 1 is 1.06 bits per heavy atom. The van der Waals surface area contributed by atoms with Crippen molar-refractivity contribution in [1.82, 2.24) is 4.98 Å². The molecule has 6 nitrogen and oxygen atoms in total. The lowest BCUT2D eigenvalue weighted by Gasteiger charge is -2.09. The Morgan fingerprint density at radius 2 is 1.74 bits per heavy atom. The maximum absolute atomic E-state index is 10.4. The van der Waals surface area contributed by atoms with Crippen molar-refractivity contribution in [2.75, 3.05) is 27.4 Å². The molecule has 2 aromatic carbocycles. The molecule has 1 heterocycles. The molecule has 0 aliphatic rings. The highest BCUT2D eigenvalue weighted by molar-refractivity contribution is 9.11. The molecule has 0 atom stereocenters. The Kier molecular flexibility index (Phi) is 10.5. The van der Waals surface area contributed by atoms with E-state index in [4.69, 9.17) is 14.2 Å². The number of halogens is 1. The normalized spacial score (nSPS) is 10.1. The van der Waals surface area contributed by atoms with Gasteiger partial charge in [0.1, 0.15) is 35.5 Å². The monoisotopic (exact) mass is 507 g/mol. The molecule has 3 aromatic rings. The van der Waals surface area contributed by atoms with E-state index in [0.717, 1.165) is 50.0 Å². The predicted molar refractivity (Wildman–Crippen MR) is 126 cm³/mol. The van der Waals surface area contributed by atoms with Gasteiger partial charge in [-0.1, -0.05) is 0 Å². The fourth-order valence-electron chi connectivity index (χ4n) is 2.47. The molecule has 0 bridgehead atoms. The number of hydrogen-bond acceptors (Lipinski definition) is 7. The molecule has 3 rings (SSSR count). The molecule has 0 aliphatic heterocycles. The van der Waals surface area contributed by atoms with Crippen LogP contribution in [0.5, 0.6) is 17.2 Å². The van der Waals surface area contributed by atoms with E-state index in [0.29, 0.717) is 12.4 Å². The number of carbonyl (C=O) groups excluding carboxylic acids is 1. The van der Waals surface area contributed by atoms with Gasteiger partial charge >= 0.3 is 0 Å². The number of aldehydes is 1. The molecule has 1 aromatic heterocycles. The highest BCUT2D eigenvalue weighted by atomic mass is 79.9. The van der Waals surface area contributed by atoms with Crippen LogP contribution in [0, 0.1) is 6.92 Å². The van der Waals surface area contributed by atoms with E-state index in [2.05, 4.69) is 25.7 Å². The number of carbonyl (C=O) groups is 1. The van der Waals surface area contributed by atoms with E-state index in [1.54, 1.807) is 31.6 Å². The summed E-state index contributed by atoms with van der Waals surface area (Å²) in [5.74, 6) is 2.21. The molecule has 0 amide bonds. The number of thiazole rings is 1. The van der Waals surface area contributed by atoms with Crippen molar-refractivity contribution in [3.05, 3.63) is 56.8 Å². The second-order valence-corrected chi connectivity index (χ2v) is 8.63. The van der Waals surface area contributed by atoms with Crippen LogP contribution in [-0.2, 0) is 16.1 Å². The SMILES string of the molecule is CCOC.COc1ccc(-c2nc(COc3ccc(OCC=O)c(C)c3)sc2Br)cc1. The summed E-state index contributed by atoms with van der Waals surface area (Å²) in [7, 11) is 3.33. The molecule has 8 heteroatoms. The van der Waals surface area contributed by atoms with Crippen LogP contribution in [-0.4, -0.2) is 38.7 Å². The van der Waals surface area contributed by atoms with Crippen molar-refractivity contribution in [2.45, 2.75) is 20.5 Å². The number of benzene rings is 2. The summed E-state index contributed by atoms with van der Waals surface area (Å²) in [6, 6.07) is 13.3. The summed E-state index contributed by atoms with van der Waals surface area (Å²) in [4.78, 5) is 15.1. The molecule has 0 radical (unpaired) electrons. The summed E-state index contributed by atoms with van der Waals surface area (Å²) in [5.41, 5.74) is 2.81. The first-order chi connectivity index (χ1) is 15.0. The van der Waals surface area contributed by atoms with E-state index in [-0.39, 0.29) is 6.61 Å². The minimum atomic E-state index is 0.0440. The Morgan fingerprint density at radius 3 is 2.32 bits per heavy atom. The minimum absolute atomic E-state index is 0.0440. The van der Waals surface area contributed by atoms with Crippen LogP contribution in [0.25, 0.3) is 11.3 Å². The van der Waals surface area contributed by atoms with Gasteiger partial charge in [0.05, 0.1) is 16.6 Å². The average molecular weight is 508 g/mol. The topological polar surface area (TPSA) is 66.9 Å². The first kappa shape index (κ1) is 24.8. The Hall–Kier alpha value is -2.42. The number of ether oxygens (including phenoxy) is 4. The fourth-order valence-corrected chi connectivity index (χ4v) is 4.07. The van der Waals surface area contributed by atoms with Gasteiger partial charge in [-0.3, -0.25) is 4.79 Å². The third-order valence-electron chi connectivity index (χ3n) is 4.10. The van der Waals surface area contributed by atoms with E-state index < -0.39 is 0 Å². The molecule has 31 heavy (non-hydrogen) atoms. The lowest BCUT2D eigenvalue weighted by molar-refractivity contribution is -0.109. The van der Waals surface area contributed by atoms with Crippen molar-refractivity contribution in [2.24, 2.45) is 0 Å². The van der Waals surface area contributed by atoms with Crippen molar-refractivity contribution in [3.63, 3.8) is 0 Å². The maximum Gasteiger partial charge on any atom is 0.157 e. The van der Waals surface area contributed by atoms with Gasteiger partial charge in [-0.15, -0.1) is 11.3 Å². The number of nitrogens with zero attached hydrogens (tertiary/aromatic N) is 1. The number of aromatic nitrogens is 1. The molecule has 0 saturated heterocycles. The summed E-state index contributed by atoms with van der Waals surface area (Å²) < 4.78 is 21.9. The smallest absolute Gasteiger partial charge is 0.157 e. The van der Waals surface area contributed by atoms with Crippen molar-refractivity contribution in [1.29, 1.82) is 0 Å². The van der Waals surface area contributed by atoms with Crippen molar-refractivity contribution in [3.8, 4) is 28.5 Å². The fraction of sp³-hybridized carbons (Fsp3) is 0.304. The Labute approximate surface area is 195 Å². The maximum atomic E-state index is 10.4. The second-order valence-electron chi connectivity index (χ2n) is 6.23. The van der Waals surface area contributed by atoms with Crippen LogP contribution < -0.4 is 14.2 Å². The molecule has 0 fully saturated rings. The highest BCUT2D eigenvalue weighted by Gasteiger charge is 2.12. The average Bonchev–Trinajstić information content (AvgIpc) is 3.17. The summed E-state index contributed by atoms with van der Waals surface area (Å²) in [5, 5.41) is 0.867. The van der Waals surface area contributed by atoms with E-state index >= 15 is 0 Å². The van der Waals surface area contributed by atoms with Gasteiger partial charge in [-0.05, 0) is 77.8 Å². The lowest BCUT2D eigenvalue weighted by atomic mass is 10.2. The Bertz CT molecular complexity index is 957. The number of hydrogen-bond donors (Lipinski definition) is 0. The summed E-state index contributed by atoms with van der Waals surface area (Å²) >= 11 is 5.13. The largest absolute Gasteiger partial charge is 0.497 e. The third kappa shape index (κ3) is 7.65. The summed E-state index contributed by atoms with van der Waals surface area (Å²) in [6.45, 7) is 5.10. The van der Waals surface area contributed by atoms with Gasteiger partial charge in [-0.2, -0.15) is 0 Å². The molecular formula is C23H26BrNO5S. The van der Waals surface area contributed by atoms with E-state index in [1.807, 2.05) is 50.2 Å². The predicted octanol–water partition coefficient (Wildman–Crippen LogP) is 5.70. The highest BCUT2D eigenvalue weighted by Crippen LogP contribution is 2.34. The first-order valence-electron chi connectivity index (χ1n) is 9.60. The summed E-state index contributed by atoms with van der Waals surface area (Å²) in [6.07, 6.45) is 0.727. The molecule has 166 valence electrons. The minimum Gasteiger partial charge on any atom is -0.497 e. The number of aryl methyl sites for hydroxylation is 1. The van der Waals surface area contributed by atoms with Crippen LogP contribution in [0.4, 0.5) is 0 Å². The van der Waals surface area contributed by atoms with Crippen molar-refractivity contribution < 1.29 is 23.7 Å². The van der Waals surface area contributed by atoms with Crippen LogP contribution >= 0.6 is 27.3 Å². The van der Waals surface area contributed by atoms with Crippen LogP contribution in [0.2, 0.25) is 0 Å². The first-order valence-corrected chi connectivity index (χ1v) is 11.2. The standard InChI is InChI=1S/C20H18BrNO4S.C3H8O/c1-13-11-16(7-8-17(13)25-10-9-23)26-12-18-22-19(20(21)27-18)14-3-5-15(24-2)6-4-14;1-3-4-2/h3-9,11H,10,12H2,1-2H3;3H2,1-2H3. The van der Waals surface area contributed by atoms with Crippen LogP contribution in [0.15, 0.2) is 46.3 Å². The molecular weight excluding hydrogens is 482 g/mol. The van der Waals surface area contributed by atoms with Gasteiger partial charge in [-0.25, -0.2) is 4.98 Å².